The minimum Gasteiger partial charge on any atom is -0.493 e. The van der Waals surface area contributed by atoms with Crippen molar-refractivity contribution in [2.75, 3.05) is 13.2 Å². The molecule has 124 valence electrons. The Morgan fingerprint density at radius 3 is 2.55 bits per heavy atom. The van der Waals surface area contributed by atoms with Crippen molar-refractivity contribution < 1.29 is 4.74 Å². The molecule has 0 amide bonds. The predicted octanol–water partition coefficient (Wildman–Crippen LogP) is 3.54. The Labute approximate surface area is 150 Å². The normalized spacial score (nSPS) is 15.1. The van der Waals surface area contributed by atoms with Gasteiger partial charge in [-0.25, -0.2) is 4.99 Å². The molecule has 0 bridgehead atoms. The molecular weight excluding hydrogens is 389 g/mol. The molecule has 1 aromatic carbocycles. The smallest absolute Gasteiger partial charge is 0.188 e. The maximum Gasteiger partial charge on any atom is 0.188 e. The first-order valence-corrected chi connectivity index (χ1v) is 7.89. The van der Waals surface area contributed by atoms with Crippen LogP contribution in [0.25, 0.3) is 0 Å². The average Bonchev–Trinajstić information content (AvgIpc) is 2.42. The van der Waals surface area contributed by atoms with Crippen LogP contribution in [0.5, 0.6) is 5.75 Å². The van der Waals surface area contributed by atoms with Crippen LogP contribution in [0, 0.1) is 11.8 Å². The molecule has 0 spiro atoms. The van der Waals surface area contributed by atoms with E-state index >= 15 is 0 Å². The Kier molecular flexibility index (Phi) is 8.60. The quantitative estimate of drug-likeness (QED) is 0.405. The monoisotopic (exact) mass is 417 g/mol. The van der Waals surface area contributed by atoms with Gasteiger partial charge in [0.1, 0.15) is 5.75 Å². The molecule has 22 heavy (non-hydrogen) atoms. The van der Waals surface area contributed by atoms with E-state index in [4.69, 9.17) is 10.5 Å². The maximum absolute atomic E-state index is 5.87. The van der Waals surface area contributed by atoms with Gasteiger partial charge >= 0.3 is 0 Å². The zero-order valence-corrected chi connectivity index (χ0v) is 15.9. The second-order valence-electron chi connectivity index (χ2n) is 6.23. The van der Waals surface area contributed by atoms with E-state index in [1.807, 2.05) is 24.3 Å². The zero-order valence-electron chi connectivity index (χ0n) is 13.5. The highest BCUT2D eigenvalue weighted by Crippen LogP contribution is 2.25. The molecule has 1 fully saturated rings. The molecule has 1 saturated carbocycles. The van der Waals surface area contributed by atoms with E-state index in [-0.39, 0.29) is 24.0 Å². The van der Waals surface area contributed by atoms with Crippen molar-refractivity contribution in [1.82, 2.24) is 5.32 Å². The van der Waals surface area contributed by atoms with Crippen molar-refractivity contribution in [3.63, 3.8) is 0 Å². The molecule has 0 unspecified atom stereocenters. The summed E-state index contributed by atoms with van der Waals surface area (Å²) >= 11 is 0. The summed E-state index contributed by atoms with van der Waals surface area (Å²) in [6, 6.07) is 8.06. The molecule has 1 aliphatic carbocycles. The number of nitrogens with zero attached hydrogens (tertiary/aromatic N) is 1. The lowest BCUT2D eigenvalue weighted by atomic mass is 9.85. The summed E-state index contributed by atoms with van der Waals surface area (Å²) in [5.74, 6) is 2.78. The third-order valence-corrected chi connectivity index (χ3v) is 3.74. The largest absolute Gasteiger partial charge is 0.493 e. The Bertz CT molecular complexity index is 455. The Hall–Kier alpha value is -0.980. The summed E-state index contributed by atoms with van der Waals surface area (Å²) in [5, 5.41) is 3.20. The number of nitrogens with one attached hydrogen (secondary N) is 1. The second kappa shape index (κ2) is 9.92. The van der Waals surface area contributed by atoms with Crippen LogP contribution in [0.3, 0.4) is 0 Å². The first-order chi connectivity index (χ1) is 10.1. The number of nitrogens with two attached hydrogens (primary N) is 1. The standard InChI is InChI=1S/C17H27N3O.HI/c1-13(2)12-21-16-8-6-15(7-9-16)11-20-17(18)19-10-14-4-3-5-14;/h6-9,13-14H,3-5,10-12H2,1-2H3,(H3,18,19,20);1H. The minimum atomic E-state index is 0. The molecule has 0 heterocycles. The van der Waals surface area contributed by atoms with E-state index in [9.17, 15) is 0 Å². The van der Waals surface area contributed by atoms with Gasteiger partial charge in [0.05, 0.1) is 13.2 Å². The molecule has 0 aliphatic heterocycles. The fourth-order valence-corrected chi connectivity index (χ4v) is 2.13. The van der Waals surface area contributed by atoms with Gasteiger partial charge in [0.15, 0.2) is 5.96 Å². The average molecular weight is 417 g/mol. The number of aliphatic imine (C=N–C) groups is 1. The Balaban J connectivity index is 0.00000242. The van der Waals surface area contributed by atoms with E-state index in [2.05, 4.69) is 24.2 Å². The lowest BCUT2D eigenvalue weighted by Crippen LogP contribution is -2.37. The number of halogens is 1. The van der Waals surface area contributed by atoms with Gasteiger partial charge in [0, 0.05) is 6.54 Å². The predicted molar refractivity (Wildman–Crippen MR) is 103 cm³/mol. The number of guanidine groups is 1. The summed E-state index contributed by atoms with van der Waals surface area (Å²) in [6.07, 6.45) is 3.99. The number of rotatable bonds is 7. The van der Waals surface area contributed by atoms with E-state index in [0.29, 0.717) is 18.4 Å². The molecule has 0 atom stereocenters. The summed E-state index contributed by atoms with van der Waals surface area (Å²) in [5.41, 5.74) is 7.01. The Morgan fingerprint density at radius 2 is 2.00 bits per heavy atom. The molecule has 0 saturated heterocycles. The molecule has 0 aromatic heterocycles. The van der Waals surface area contributed by atoms with Crippen LogP contribution >= 0.6 is 24.0 Å². The number of benzene rings is 1. The van der Waals surface area contributed by atoms with Crippen LogP contribution < -0.4 is 15.8 Å². The van der Waals surface area contributed by atoms with Crippen molar-refractivity contribution >= 4 is 29.9 Å². The fourth-order valence-electron chi connectivity index (χ4n) is 2.13. The topological polar surface area (TPSA) is 59.6 Å². The van der Waals surface area contributed by atoms with E-state index in [0.717, 1.165) is 30.4 Å². The fraction of sp³-hybridized carbons (Fsp3) is 0.588. The third kappa shape index (κ3) is 6.85. The summed E-state index contributed by atoms with van der Waals surface area (Å²) in [4.78, 5) is 4.37. The van der Waals surface area contributed by atoms with Gasteiger partial charge in [0.2, 0.25) is 0 Å². The lowest BCUT2D eigenvalue weighted by molar-refractivity contribution is 0.271. The molecule has 1 aromatic rings. The first-order valence-electron chi connectivity index (χ1n) is 7.89. The van der Waals surface area contributed by atoms with Gasteiger partial charge in [-0.05, 0) is 42.4 Å². The second-order valence-corrected chi connectivity index (χ2v) is 6.23. The molecule has 1 aliphatic rings. The van der Waals surface area contributed by atoms with Gasteiger partial charge in [-0.3, -0.25) is 0 Å². The third-order valence-electron chi connectivity index (χ3n) is 3.74. The van der Waals surface area contributed by atoms with E-state index in [1.54, 1.807) is 0 Å². The van der Waals surface area contributed by atoms with Crippen LogP contribution in [0.4, 0.5) is 0 Å². The highest BCUT2D eigenvalue weighted by molar-refractivity contribution is 14.0. The minimum absolute atomic E-state index is 0. The van der Waals surface area contributed by atoms with Crippen molar-refractivity contribution in [1.29, 1.82) is 0 Å². The zero-order chi connectivity index (χ0) is 15.1. The SMILES string of the molecule is CC(C)COc1ccc(CN=C(N)NCC2CCC2)cc1.I. The summed E-state index contributed by atoms with van der Waals surface area (Å²) < 4.78 is 5.66. The number of hydrogen-bond acceptors (Lipinski definition) is 2. The van der Waals surface area contributed by atoms with Gasteiger partial charge in [-0.1, -0.05) is 32.4 Å². The van der Waals surface area contributed by atoms with Crippen LogP contribution in [-0.4, -0.2) is 19.1 Å². The molecule has 4 nitrogen and oxygen atoms in total. The number of hydrogen-bond donors (Lipinski definition) is 2. The molecule has 0 radical (unpaired) electrons. The first kappa shape index (κ1) is 19.1. The van der Waals surface area contributed by atoms with Crippen molar-refractivity contribution in [3.8, 4) is 5.75 Å². The highest BCUT2D eigenvalue weighted by Gasteiger charge is 2.16. The van der Waals surface area contributed by atoms with Gasteiger partial charge in [-0.15, -0.1) is 24.0 Å². The Morgan fingerprint density at radius 1 is 1.32 bits per heavy atom. The van der Waals surface area contributed by atoms with E-state index < -0.39 is 0 Å². The molecular formula is C17H28IN3O. The van der Waals surface area contributed by atoms with Crippen LogP contribution in [0.15, 0.2) is 29.3 Å². The summed E-state index contributed by atoms with van der Waals surface area (Å²) in [6.45, 7) is 6.59. The lowest BCUT2D eigenvalue weighted by Gasteiger charge is -2.25. The van der Waals surface area contributed by atoms with Crippen LogP contribution in [0.1, 0.15) is 38.7 Å². The van der Waals surface area contributed by atoms with Gasteiger partial charge in [0.25, 0.3) is 0 Å². The molecule has 3 N–H and O–H groups in total. The van der Waals surface area contributed by atoms with Gasteiger partial charge < -0.3 is 15.8 Å². The summed E-state index contributed by atoms with van der Waals surface area (Å²) in [7, 11) is 0. The highest BCUT2D eigenvalue weighted by atomic mass is 127. The molecule has 5 heteroatoms. The molecule has 2 rings (SSSR count). The number of ether oxygens (including phenoxy) is 1. The van der Waals surface area contributed by atoms with Crippen molar-refractivity contribution in [3.05, 3.63) is 29.8 Å². The van der Waals surface area contributed by atoms with Crippen LogP contribution in [-0.2, 0) is 6.54 Å². The van der Waals surface area contributed by atoms with Gasteiger partial charge in [-0.2, -0.15) is 0 Å². The van der Waals surface area contributed by atoms with Crippen LogP contribution in [0.2, 0.25) is 0 Å². The van der Waals surface area contributed by atoms with Crippen molar-refractivity contribution in [2.24, 2.45) is 22.6 Å². The maximum atomic E-state index is 5.87. The van der Waals surface area contributed by atoms with E-state index in [1.165, 1.54) is 19.3 Å². The van der Waals surface area contributed by atoms with Crippen molar-refractivity contribution in [2.45, 2.75) is 39.7 Å².